The van der Waals surface area contributed by atoms with Crippen LogP contribution < -0.4 is 10.4 Å². The summed E-state index contributed by atoms with van der Waals surface area (Å²) in [6, 6.07) is 20.1. The summed E-state index contributed by atoms with van der Waals surface area (Å²) in [5.41, 5.74) is 9.42. The first-order chi connectivity index (χ1) is 16.6. The van der Waals surface area contributed by atoms with Crippen LogP contribution in [0.3, 0.4) is 0 Å². The summed E-state index contributed by atoms with van der Waals surface area (Å²) < 4.78 is 30.9. The molecule has 2 aliphatic rings. The smallest absolute Gasteiger partial charge is 0.261 e. The number of azide groups is 1. The Bertz CT molecular complexity index is 1000. The minimum atomic E-state index is -2.82. The van der Waals surface area contributed by atoms with Crippen LogP contribution in [0.1, 0.15) is 34.6 Å². The van der Waals surface area contributed by atoms with Gasteiger partial charge in [0.05, 0.1) is 6.04 Å². The minimum absolute atomic E-state index is 0.171. The van der Waals surface area contributed by atoms with Gasteiger partial charge in [0, 0.05) is 18.6 Å². The molecule has 0 N–H and O–H groups in total. The molecule has 2 aliphatic heterocycles. The van der Waals surface area contributed by atoms with Crippen molar-refractivity contribution < 1.29 is 23.4 Å². The molecule has 2 aromatic rings. The zero-order valence-corrected chi connectivity index (χ0v) is 22.3. The molecule has 0 bridgehead atoms. The van der Waals surface area contributed by atoms with Crippen molar-refractivity contribution in [3.8, 4) is 0 Å². The van der Waals surface area contributed by atoms with Crippen molar-refractivity contribution in [3.63, 3.8) is 0 Å². The molecule has 2 heterocycles. The molecular formula is C26H35N3O5Si. The Morgan fingerprint density at radius 1 is 1.03 bits per heavy atom. The summed E-state index contributed by atoms with van der Waals surface area (Å²) in [5, 5.41) is 6.20. The monoisotopic (exact) mass is 497 g/mol. The highest BCUT2D eigenvalue weighted by Crippen LogP contribution is 2.41. The Balaban J connectivity index is 1.69. The Labute approximate surface area is 208 Å². The Morgan fingerprint density at radius 3 is 2.09 bits per heavy atom. The van der Waals surface area contributed by atoms with Gasteiger partial charge >= 0.3 is 0 Å². The summed E-state index contributed by atoms with van der Waals surface area (Å²) in [5.74, 6) is -0.767. The number of hydrogen-bond acceptors (Lipinski definition) is 6. The van der Waals surface area contributed by atoms with Gasteiger partial charge in [-0.2, -0.15) is 0 Å². The summed E-state index contributed by atoms with van der Waals surface area (Å²) in [4.78, 5) is 3.12. The quantitative estimate of drug-likeness (QED) is 0.236. The molecule has 35 heavy (non-hydrogen) atoms. The Kier molecular flexibility index (Phi) is 7.40. The van der Waals surface area contributed by atoms with Crippen LogP contribution in [-0.4, -0.2) is 58.5 Å². The van der Waals surface area contributed by atoms with E-state index in [0.717, 1.165) is 10.4 Å². The van der Waals surface area contributed by atoms with Gasteiger partial charge < -0.3 is 23.4 Å². The molecule has 0 spiro atoms. The SMILES string of the molecule is CO[C@H]1[C@H]2OC(C)(C)O[C@H]2O[C@@H]1[C@@H](CO[Si](c1ccccc1)(c1ccccc1)C(C)(C)C)N=[N+]=[N-]. The van der Waals surface area contributed by atoms with Gasteiger partial charge in [-0.3, -0.25) is 0 Å². The lowest BCUT2D eigenvalue weighted by molar-refractivity contribution is -0.219. The number of hydrogen-bond donors (Lipinski definition) is 0. The Hall–Kier alpha value is -2.23. The fourth-order valence-corrected chi connectivity index (χ4v) is 9.89. The molecule has 2 saturated heterocycles. The topological polar surface area (TPSA) is 94.9 Å². The highest BCUT2D eigenvalue weighted by atomic mass is 28.4. The standard InChI is InChI=1S/C26H35N3O5Si/c1-25(2,3)35(18-13-9-7-10-14-18,19-15-11-8-12-16-19)31-17-20(28-29-27)21-22(30-6)23-24(32-21)34-26(4,5)33-23/h7-16,20-24H,17H2,1-6H3/t20-,21-,22-,23-,24-/m1/s1. The maximum Gasteiger partial charge on any atom is 0.261 e. The fraction of sp³-hybridized carbons (Fsp3) is 0.538. The summed E-state index contributed by atoms with van der Waals surface area (Å²) in [6.45, 7) is 10.5. The molecule has 2 fully saturated rings. The predicted octanol–water partition coefficient (Wildman–Crippen LogP) is 4.13. The van der Waals surface area contributed by atoms with Crippen LogP contribution in [-0.2, 0) is 23.4 Å². The maximum absolute atomic E-state index is 9.42. The number of methoxy groups -OCH3 is 1. The van der Waals surface area contributed by atoms with Gasteiger partial charge in [-0.05, 0) is 34.8 Å². The van der Waals surface area contributed by atoms with E-state index in [1.807, 2.05) is 50.2 Å². The second-order valence-electron chi connectivity index (χ2n) is 10.5. The summed E-state index contributed by atoms with van der Waals surface area (Å²) in [7, 11) is -1.21. The van der Waals surface area contributed by atoms with Gasteiger partial charge in [-0.25, -0.2) is 0 Å². The highest BCUT2D eigenvalue weighted by Gasteiger charge is 2.57. The van der Waals surface area contributed by atoms with E-state index in [2.05, 4.69) is 55.1 Å². The first kappa shape index (κ1) is 25.8. The first-order valence-electron chi connectivity index (χ1n) is 12.0. The van der Waals surface area contributed by atoms with Gasteiger partial charge in [0.25, 0.3) is 8.32 Å². The van der Waals surface area contributed by atoms with E-state index >= 15 is 0 Å². The zero-order chi connectivity index (χ0) is 25.3. The third-order valence-electron chi connectivity index (χ3n) is 6.77. The molecule has 0 radical (unpaired) electrons. The summed E-state index contributed by atoms with van der Waals surface area (Å²) in [6.07, 6.45) is -2.03. The molecule has 0 aromatic heterocycles. The van der Waals surface area contributed by atoms with Crippen molar-refractivity contribution in [1.82, 2.24) is 0 Å². The van der Waals surface area contributed by atoms with E-state index in [-0.39, 0.29) is 11.6 Å². The van der Waals surface area contributed by atoms with E-state index in [1.54, 1.807) is 7.11 Å². The molecule has 8 nitrogen and oxygen atoms in total. The zero-order valence-electron chi connectivity index (χ0n) is 21.3. The van der Waals surface area contributed by atoms with Gasteiger partial charge in [0.2, 0.25) is 0 Å². The summed E-state index contributed by atoms with van der Waals surface area (Å²) >= 11 is 0. The van der Waals surface area contributed by atoms with Crippen molar-refractivity contribution >= 4 is 18.7 Å². The second-order valence-corrected chi connectivity index (χ2v) is 14.8. The molecule has 9 heteroatoms. The number of benzene rings is 2. The first-order valence-corrected chi connectivity index (χ1v) is 13.9. The molecule has 5 atom stereocenters. The van der Waals surface area contributed by atoms with E-state index in [1.165, 1.54) is 0 Å². The second kappa shape index (κ2) is 10.0. The molecule has 4 rings (SSSR count). The molecule has 2 aromatic carbocycles. The molecular weight excluding hydrogens is 462 g/mol. The van der Waals surface area contributed by atoms with Crippen molar-refractivity contribution in [1.29, 1.82) is 0 Å². The number of rotatable bonds is 8. The van der Waals surface area contributed by atoms with Crippen LogP contribution in [0.4, 0.5) is 0 Å². The van der Waals surface area contributed by atoms with E-state index in [0.29, 0.717) is 0 Å². The van der Waals surface area contributed by atoms with Gasteiger partial charge in [-0.1, -0.05) is 86.5 Å². The molecule has 0 amide bonds. The van der Waals surface area contributed by atoms with Crippen LogP contribution in [0.5, 0.6) is 0 Å². The third kappa shape index (κ3) is 4.90. The lowest BCUT2D eigenvalue weighted by atomic mass is 10.0. The molecule has 188 valence electrons. The number of fused-ring (bicyclic) bond motifs is 1. The van der Waals surface area contributed by atoms with Crippen molar-refractivity contribution in [2.75, 3.05) is 13.7 Å². The van der Waals surface area contributed by atoms with Gasteiger partial charge in [-0.15, -0.1) is 0 Å². The van der Waals surface area contributed by atoms with Crippen molar-refractivity contribution in [2.24, 2.45) is 5.11 Å². The lowest BCUT2D eigenvalue weighted by Crippen LogP contribution is -2.67. The number of nitrogens with zero attached hydrogens (tertiary/aromatic N) is 3. The predicted molar refractivity (Wildman–Crippen MR) is 136 cm³/mol. The fourth-order valence-electron chi connectivity index (χ4n) is 5.31. The van der Waals surface area contributed by atoms with Crippen LogP contribution in [0.25, 0.3) is 10.4 Å². The Morgan fingerprint density at radius 2 is 1.60 bits per heavy atom. The lowest BCUT2D eigenvalue weighted by Gasteiger charge is -2.44. The highest BCUT2D eigenvalue weighted by molar-refractivity contribution is 6.99. The maximum atomic E-state index is 9.42. The van der Waals surface area contributed by atoms with Crippen LogP contribution in [0, 0.1) is 0 Å². The largest absolute Gasteiger partial charge is 0.407 e. The number of ether oxygens (including phenoxy) is 4. The third-order valence-corrected chi connectivity index (χ3v) is 11.8. The van der Waals surface area contributed by atoms with E-state index in [4.69, 9.17) is 23.4 Å². The minimum Gasteiger partial charge on any atom is -0.407 e. The normalized spacial score (nSPS) is 26.7. The van der Waals surface area contributed by atoms with Gasteiger partial charge in [0.15, 0.2) is 12.1 Å². The molecule has 0 saturated carbocycles. The van der Waals surface area contributed by atoms with Crippen molar-refractivity contribution in [3.05, 3.63) is 71.1 Å². The van der Waals surface area contributed by atoms with Crippen LogP contribution in [0.15, 0.2) is 65.8 Å². The van der Waals surface area contributed by atoms with E-state index < -0.39 is 44.7 Å². The average molecular weight is 498 g/mol. The molecule has 0 unspecified atom stereocenters. The van der Waals surface area contributed by atoms with E-state index in [9.17, 15) is 5.53 Å². The van der Waals surface area contributed by atoms with Gasteiger partial charge in [0.1, 0.15) is 18.3 Å². The average Bonchev–Trinajstić information content (AvgIpc) is 3.30. The van der Waals surface area contributed by atoms with Crippen LogP contribution in [0.2, 0.25) is 5.04 Å². The van der Waals surface area contributed by atoms with Crippen molar-refractivity contribution in [2.45, 2.75) is 76.1 Å². The molecule has 0 aliphatic carbocycles. The van der Waals surface area contributed by atoms with Crippen LogP contribution >= 0.6 is 0 Å².